The van der Waals surface area contributed by atoms with E-state index >= 15 is 0 Å². The zero-order chi connectivity index (χ0) is 22.3. The average molecular weight is 448 g/mol. The molecule has 0 atom stereocenters. The largest absolute Gasteiger partial charge is 0.381 e. The van der Waals surface area contributed by atoms with Crippen molar-refractivity contribution >= 4 is 5.82 Å². The lowest BCUT2D eigenvalue weighted by Crippen LogP contribution is -2.60. The van der Waals surface area contributed by atoms with Gasteiger partial charge in [0.15, 0.2) is 0 Å². The first-order valence-electron chi connectivity index (χ1n) is 12.9. The van der Waals surface area contributed by atoms with Crippen molar-refractivity contribution in [3.8, 4) is 11.1 Å². The standard InChI is InChI=1S/C27H37N5O/c1-26(17-32-18-27(19-32)10-13-33-14-11-27)8-6-22(7-9-26)30-24-15-21(16-29-31-24)23-3-2-12-28-25(23)20-4-5-20/h2-3,12,15-16,20,22H,4-11,13-14,17-19H2,1H3,(H,30,31). The minimum atomic E-state index is 0.438. The summed E-state index contributed by atoms with van der Waals surface area (Å²) in [5.41, 5.74) is 4.57. The Balaban J connectivity index is 1.04. The first kappa shape index (κ1) is 21.5. The molecule has 33 heavy (non-hydrogen) atoms. The Hall–Kier alpha value is -2.05. The van der Waals surface area contributed by atoms with Crippen LogP contribution >= 0.6 is 0 Å². The van der Waals surface area contributed by atoms with Crippen molar-refractivity contribution in [2.75, 3.05) is 38.2 Å². The SMILES string of the molecule is CC1(CN2CC3(CCOCC3)C2)CCC(Nc2cc(-c3cccnc3C3CC3)cnn2)CC1. The van der Waals surface area contributed by atoms with E-state index in [4.69, 9.17) is 4.74 Å². The maximum absolute atomic E-state index is 5.58. The number of hydrogen-bond acceptors (Lipinski definition) is 6. The van der Waals surface area contributed by atoms with E-state index in [1.165, 1.54) is 82.3 Å². The summed E-state index contributed by atoms with van der Waals surface area (Å²) in [7, 11) is 0. The minimum Gasteiger partial charge on any atom is -0.381 e. The third-order valence-electron chi connectivity index (χ3n) is 8.59. The predicted octanol–water partition coefficient (Wildman–Crippen LogP) is 4.89. The highest BCUT2D eigenvalue weighted by Gasteiger charge is 2.46. The van der Waals surface area contributed by atoms with Crippen molar-refractivity contribution in [1.29, 1.82) is 0 Å². The molecule has 2 saturated heterocycles. The number of aromatic nitrogens is 3. The number of nitrogens with zero attached hydrogens (tertiary/aromatic N) is 4. The van der Waals surface area contributed by atoms with Gasteiger partial charge >= 0.3 is 0 Å². The van der Waals surface area contributed by atoms with E-state index in [-0.39, 0.29) is 0 Å². The fourth-order valence-corrected chi connectivity index (χ4v) is 6.43. The van der Waals surface area contributed by atoms with Gasteiger partial charge in [-0.25, -0.2) is 0 Å². The summed E-state index contributed by atoms with van der Waals surface area (Å²) in [6.07, 6.45) is 13.8. The van der Waals surface area contributed by atoms with Crippen molar-refractivity contribution in [3.05, 3.63) is 36.3 Å². The fraction of sp³-hybridized carbons (Fsp3) is 0.667. The smallest absolute Gasteiger partial charge is 0.149 e. The Morgan fingerprint density at radius 2 is 1.88 bits per heavy atom. The molecule has 4 heterocycles. The fourth-order valence-electron chi connectivity index (χ4n) is 6.43. The first-order chi connectivity index (χ1) is 16.1. The maximum Gasteiger partial charge on any atom is 0.149 e. The van der Waals surface area contributed by atoms with Gasteiger partial charge in [0, 0.05) is 67.5 Å². The Labute approximate surface area is 197 Å². The van der Waals surface area contributed by atoms with Gasteiger partial charge in [-0.2, -0.15) is 5.10 Å². The predicted molar refractivity (Wildman–Crippen MR) is 130 cm³/mol. The van der Waals surface area contributed by atoms with Gasteiger partial charge in [-0.1, -0.05) is 13.0 Å². The van der Waals surface area contributed by atoms with Crippen molar-refractivity contribution in [3.63, 3.8) is 0 Å². The van der Waals surface area contributed by atoms with Crippen LogP contribution in [0.25, 0.3) is 11.1 Å². The molecule has 0 aromatic carbocycles. The second-order valence-corrected chi connectivity index (χ2v) is 11.5. The molecule has 6 heteroatoms. The van der Waals surface area contributed by atoms with Crippen LogP contribution in [0, 0.1) is 10.8 Å². The van der Waals surface area contributed by atoms with Gasteiger partial charge in [0.2, 0.25) is 0 Å². The van der Waals surface area contributed by atoms with Gasteiger partial charge in [-0.15, -0.1) is 5.10 Å². The van der Waals surface area contributed by atoms with E-state index in [0.29, 0.717) is 22.8 Å². The van der Waals surface area contributed by atoms with E-state index in [1.54, 1.807) is 0 Å². The molecule has 4 fully saturated rings. The highest BCUT2D eigenvalue weighted by Crippen LogP contribution is 2.45. The number of likely N-dealkylation sites (tertiary alicyclic amines) is 1. The number of ether oxygens (including phenoxy) is 1. The van der Waals surface area contributed by atoms with Crippen molar-refractivity contribution in [2.45, 2.75) is 70.3 Å². The summed E-state index contributed by atoms with van der Waals surface area (Å²) in [5.74, 6) is 1.52. The lowest BCUT2D eigenvalue weighted by Gasteiger charge is -2.55. The van der Waals surface area contributed by atoms with Gasteiger partial charge in [0.25, 0.3) is 0 Å². The zero-order valence-electron chi connectivity index (χ0n) is 19.9. The summed E-state index contributed by atoms with van der Waals surface area (Å²) in [5, 5.41) is 12.4. The molecule has 2 aliphatic carbocycles. The molecule has 4 aliphatic rings. The second-order valence-electron chi connectivity index (χ2n) is 11.5. The molecule has 0 amide bonds. The number of nitrogens with one attached hydrogen (secondary N) is 1. The lowest BCUT2D eigenvalue weighted by molar-refractivity contribution is -0.0947. The molecule has 0 radical (unpaired) electrons. The normalized spacial score (nSPS) is 29.5. The Morgan fingerprint density at radius 3 is 2.64 bits per heavy atom. The Morgan fingerprint density at radius 1 is 1.09 bits per heavy atom. The van der Waals surface area contributed by atoms with Gasteiger partial charge < -0.3 is 15.0 Å². The molecule has 1 N–H and O–H groups in total. The molecule has 2 aromatic rings. The topological polar surface area (TPSA) is 63.2 Å². The molecule has 0 unspecified atom stereocenters. The van der Waals surface area contributed by atoms with Crippen LogP contribution in [0.2, 0.25) is 0 Å². The minimum absolute atomic E-state index is 0.438. The Kier molecular flexibility index (Phi) is 5.61. The molecule has 2 aliphatic heterocycles. The van der Waals surface area contributed by atoms with Crippen LogP contribution in [0.5, 0.6) is 0 Å². The summed E-state index contributed by atoms with van der Waals surface area (Å²) in [6, 6.07) is 6.85. The molecule has 1 spiro atoms. The molecule has 176 valence electrons. The monoisotopic (exact) mass is 447 g/mol. The Bertz CT molecular complexity index is 968. The first-order valence-corrected chi connectivity index (χ1v) is 12.9. The third kappa shape index (κ3) is 4.65. The summed E-state index contributed by atoms with van der Waals surface area (Å²) in [4.78, 5) is 7.37. The second kappa shape index (κ2) is 8.62. The number of hydrogen-bond donors (Lipinski definition) is 1. The zero-order valence-corrected chi connectivity index (χ0v) is 19.9. The average Bonchev–Trinajstić information content (AvgIpc) is 3.66. The van der Waals surface area contributed by atoms with Gasteiger partial charge in [0.1, 0.15) is 5.82 Å². The molecule has 0 bridgehead atoms. The van der Waals surface area contributed by atoms with Gasteiger partial charge in [-0.3, -0.25) is 4.98 Å². The molecular weight excluding hydrogens is 410 g/mol. The molecule has 2 saturated carbocycles. The van der Waals surface area contributed by atoms with Crippen molar-refractivity contribution in [2.24, 2.45) is 10.8 Å². The summed E-state index contributed by atoms with van der Waals surface area (Å²) in [6.45, 7) is 8.25. The van der Waals surface area contributed by atoms with Crippen LogP contribution in [-0.4, -0.2) is 59.0 Å². The van der Waals surface area contributed by atoms with Crippen LogP contribution in [0.4, 0.5) is 5.82 Å². The molecule has 6 rings (SSSR count). The molecular formula is C27H37N5O. The molecule has 2 aromatic heterocycles. The van der Waals surface area contributed by atoms with Crippen molar-refractivity contribution < 1.29 is 4.74 Å². The van der Waals surface area contributed by atoms with Crippen LogP contribution in [0.1, 0.15) is 69.9 Å². The quantitative estimate of drug-likeness (QED) is 0.680. The molecule has 6 nitrogen and oxygen atoms in total. The van der Waals surface area contributed by atoms with E-state index in [1.807, 2.05) is 18.5 Å². The van der Waals surface area contributed by atoms with Crippen LogP contribution < -0.4 is 5.32 Å². The number of rotatable bonds is 6. The van der Waals surface area contributed by atoms with Crippen LogP contribution in [0.15, 0.2) is 30.6 Å². The highest BCUT2D eigenvalue weighted by molar-refractivity contribution is 5.68. The maximum atomic E-state index is 5.58. The summed E-state index contributed by atoms with van der Waals surface area (Å²) >= 11 is 0. The van der Waals surface area contributed by atoms with E-state index in [0.717, 1.165) is 24.6 Å². The van der Waals surface area contributed by atoms with Gasteiger partial charge in [0.05, 0.1) is 11.9 Å². The van der Waals surface area contributed by atoms with E-state index < -0.39 is 0 Å². The summed E-state index contributed by atoms with van der Waals surface area (Å²) < 4.78 is 5.58. The number of pyridine rings is 1. The lowest BCUT2D eigenvalue weighted by atomic mass is 9.69. The van der Waals surface area contributed by atoms with Gasteiger partial charge in [-0.05, 0) is 68.9 Å². The number of anilines is 1. The van der Waals surface area contributed by atoms with Crippen molar-refractivity contribution in [1.82, 2.24) is 20.1 Å². The highest BCUT2D eigenvalue weighted by atomic mass is 16.5. The van der Waals surface area contributed by atoms with E-state index in [9.17, 15) is 0 Å². The van der Waals surface area contributed by atoms with Crippen LogP contribution in [-0.2, 0) is 4.74 Å². The third-order valence-corrected chi connectivity index (χ3v) is 8.59. The van der Waals surface area contributed by atoms with E-state index in [2.05, 4.69) is 44.5 Å². The van der Waals surface area contributed by atoms with Crippen LogP contribution in [0.3, 0.4) is 0 Å².